The highest BCUT2D eigenvalue weighted by Crippen LogP contribution is 3.03. The second-order valence-electron chi connectivity index (χ2n) is 16.3. The van der Waals surface area contributed by atoms with Crippen LogP contribution in [0.2, 0.25) is 18.1 Å². The van der Waals surface area contributed by atoms with Crippen LogP contribution in [0.4, 0.5) is 0 Å². The second-order valence-corrected chi connectivity index (χ2v) is 29.4. The van der Waals surface area contributed by atoms with Crippen LogP contribution in [0, 0.1) is 5.41 Å². The molecule has 0 aromatic heterocycles. The highest BCUT2D eigenvalue weighted by atomic mass is 32.7. The first kappa shape index (κ1) is 37.6. The number of allylic oxidation sites excluding steroid dienone is 3. The molecule has 3 aliphatic rings. The molecule has 0 radical (unpaired) electrons. The van der Waals surface area contributed by atoms with Crippen molar-refractivity contribution in [3.8, 4) is 11.5 Å². The predicted molar refractivity (Wildman–Crippen MR) is 232 cm³/mol. The average Bonchev–Trinajstić information content (AvgIpc) is 3.78. The van der Waals surface area contributed by atoms with E-state index >= 15 is 0 Å². The van der Waals surface area contributed by atoms with Crippen molar-refractivity contribution in [3.05, 3.63) is 154 Å². The number of fused-ring (bicyclic) bond motifs is 3. The van der Waals surface area contributed by atoms with Gasteiger partial charge in [0.05, 0.1) is 30.3 Å². The van der Waals surface area contributed by atoms with Gasteiger partial charge in [-0.1, -0.05) is 161 Å². The first-order chi connectivity index (χ1) is 24.7. The first-order valence-corrected chi connectivity index (χ1v) is 26.4. The summed E-state index contributed by atoms with van der Waals surface area (Å²) in [5.41, 5.74) is 5.02. The topological polar surface area (TPSA) is 27.7 Å². The summed E-state index contributed by atoms with van der Waals surface area (Å²) in [7, 11) is -0.511. The van der Waals surface area contributed by atoms with E-state index in [4.69, 9.17) is 13.9 Å². The summed E-state index contributed by atoms with van der Waals surface area (Å²) in [6, 6.07) is 40.1. The Labute approximate surface area is 322 Å². The third kappa shape index (κ3) is 6.15. The van der Waals surface area contributed by atoms with Crippen molar-refractivity contribution in [3.63, 3.8) is 0 Å². The van der Waals surface area contributed by atoms with Gasteiger partial charge < -0.3 is 13.9 Å². The van der Waals surface area contributed by atoms with E-state index in [-0.39, 0.29) is 20.8 Å². The van der Waals surface area contributed by atoms with Gasteiger partial charge in [0.25, 0.3) is 0 Å². The van der Waals surface area contributed by atoms with Crippen molar-refractivity contribution in [2.45, 2.75) is 70.0 Å². The quantitative estimate of drug-likeness (QED) is 0.101. The van der Waals surface area contributed by atoms with Crippen LogP contribution in [-0.2, 0) is 14.7 Å². The molecule has 4 atom stereocenters. The lowest BCUT2D eigenvalue weighted by Crippen LogP contribution is -2.42. The van der Waals surface area contributed by atoms with Crippen LogP contribution in [0.25, 0.3) is 9.81 Å². The Hall–Kier alpha value is -2.72. The van der Waals surface area contributed by atoms with Crippen molar-refractivity contribution in [2.75, 3.05) is 14.2 Å². The van der Waals surface area contributed by atoms with Gasteiger partial charge in [-0.2, -0.15) is 0 Å². The summed E-state index contributed by atoms with van der Waals surface area (Å²) in [5, 5.41) is 0.950. The minimum atomic E-state index is -2.24. The van der Waals surface area contributed by atoms with Crippen molar-refractivity contribution in [2.24, 2.45) is 5.41 Å². The number of benzene rings is 4. The molecule has 1 fully saturated rings. The Bertz CT molecular complexity index is 1910. The number of ether oxygens (including phenoxy) is 2. The summed E-state index contributed by atoms with van der Waals surface area (Å²) in [5.74, 6) is 2.97. The molecule has 270 valence electrons. The van der Waals surface area contributed by atoms with Crippen LogP contribution in [0.1, 0.15) is 63.8 Å². The molecular weight excluding hydrogens is 731 g/mol. The predicted octanol–water partition coefficient (Wildman–Crippen LogP) is 14.4. The third-order valence-corrected chi connectivity index (χ3v) is 27.9. The number of rotatable bonds is 8. The molecule has 0 unspecified atom stereocenters. The van der Waals surface area contributed by atoms with Crippen LogP contribution in [0.15, 0.2) is 132 Å². The smallest absolute Gasteiger partial charge is 0.250 e. The summed E-state index contributed by atoms with van der Waals surface area (Å²) < 4.78 is 18.9. The highest BCUT2D eigenvalue weighted by Gasteiger charge is 2.72. The molecule has 3 heterocycles. The van der Waals surface area contributed by atoms with E-state index in [1.807, 2.05) is 0 Å². The van der Waals surface area contributed by atoms with Crippen LogP contribution in [0.5, 0.6) is 11.5 Å². The van der Waals surface area contributed by atoms with E-state index in [0.717, 1.165) is 11.5 Å². The van der Waals surface area contributed by atoms with Gasteiger partial charge in [-0.05, 0) is 64.7 Å². The van der Waals surface area contributed by atoms with Crippen LogP contribution in [0.3, 0.4) is 0 Å². The van der Waals surface area contributed by atoms with Crippen LogP contribution in [-0.4, -0.2) is 22.5 Å². The van der Waals surface area contributed by atoms with Gasteiger partial charge in [0.1, 0.15) is 11.5 Å². The van der Waals surface area contributed by atoms with Gasteiger partial charge in [0.2, 0.25) is 8.32 Å². The molecule has 4 aromatic carbocycles. The van der Waals surface area contributed by atoms with E-state index in [0.29, 0.717) is 0 Å². The summed E-state index contributed by atoms with van der Waals surface area (Å²) >= 11 is 4.20. The molecule has 4 aromatic rings. The number of hydrogen-bond acceptors (Lipinski definition) is 5. The monoisotopic (exact) mass is 780 g/mol. The standard InChI is InChI=1S/C44H50O3P2S2Si/c1-41(2,3)39(47-52(9,10)42(4,5)6)40-48-43(33-17-13-11-14-18-33,29-37(50-48)31-21-25-35(45-7)26-22-31)44(34-19-15-12-16-20-34)30-38(51-49(40)44)32-23-27-36(46-8)28-24-32/h11-30H,1-10H3/t43-,44-,48+,49+/m1/s1. The van der Waals surface area contributed by atoms with Crippen molar-refractivity contribution < 1.29 is 13.9 Å². The Kier molecular flexibility index (Phi) is 10.0. The first-order valence-electron chi connectivity index (χ1n) is 17.9. The molecule has 1 saturated heterocycles. The summed E-state index contributed by atoms with van der Waals surface area (Å²) in [6.45, 7) is 19.0. The summed E-state index contributed by atoms with van der Waals surface area (Å²) in [6.07, 6.45) is 5.35. The highest BCUT2D eigenvalue weighted by molar-refractivity contribution is 8.70. The number of hydrogen-bond donors (Lipinski definition) is 0. The molecule has 3 nitrogen and oxygen atoms in total. The maximum Gasteiger partial charge on any atom is 0.250 e. The van der Waals surface area contributed by atoms with E-state index in [1.54, 1.807) is 19.3 Å². The maximum atomic E-state index is 7.72. The normalized spacial score (nSPS) is 24.2. The van der Waals surface area contributed by atoms with E-state index < -0.39 is 22.6 Å². The Balaban J connectivity index is 1.61. The van der Waals surface area contributed by atoms with Crippen molar-refractivity contribution in [1.29, 1.82) is 0 Å². The maximum absolute atomic E-state index is 7.72. The molecule has 0 saturated carbocycles. The Morgan fingerprint density at radius 1 is 0.577 bits per heavy atom. The van der Waals surface area contributed by atoms with E-state index in [2.05, 4.69) is 199 Å². The lowest BCUT2D eigenvalue weighted by Gasteiger charge is -2.43. The fourth-order valence-electron chi connectivity index (χ4n) is 7.06. The minimum absolute atomic E-state index is 0.0564. The number of methoxy groups -OCH3 is 2. The summed E-state index contributed by atoms with van der Waals surface area (Å²) in [4.78, 5) is 2.66. The van der Waals surface area contributed by atoms with Gasteiger partial charge in [-0.15, -0.1) is 0 Å². The molecule has 0 aliphatic carbocycles. The van der Waals surface area contributed by atoms with Gasteiger partial charge in [-0.25, -0.2) is 0 Å². The molecule has 7 rings (SSSR count). The molecule has 0 N–H and O–H groups in total. The zero-order valence-electron chi connectivity index (χ0n) is 32.0. The molecule has 52 heavy (non-hydrogen) atoms. The molecular formula is C44H50O3P2S2Si. The van der Waals surface area contributed by atoms with E-state index in [9.17, 15) is 0 Å². The van der Waals surface area contributed by atoms with Crippen molar-refractivity contribution in [1.82, 2.24) is 0 Å². The third-order valence-electron chi connectivity index (χ3n) is 10.9. The van der Waals surface area contributed by atoms with Gasteiger partial charge in [0.15, 0.2) is 0 Å². The average molecular weight is 781 g/mol. The fraction of sp³-hybridized carbons (Fsp3) is 0.318. The van der Waals surface area contributed by atoms with Crippen LogP contribution < -0.4 is 9.47 Å². The largest absolute Gasteiger partial charge is 0.545 e. The van der Waals surface area contributed by atoms with E-state index in [1.165, 1.54) is 37.8 Å². The van der Waals surface area contributed by atoms with Gasteiger partial charge in [0, 0.05) is 34.5 Å². The Morgan fingerprint density at radius 2 is 0.962 bits per heavy atom. The molecule has 0 spiro atoms. The minimum Gasteiger partial charge on any atom is -0.545 e. The lowest BCUT2D eigenvalue weighted by molar-refractivity contribution is 0.274. The van der Waals surface area contributed by atoms with Gasteiger partial charge in [-0.3, -0.25) is 0 Å². The molecule has 0 bridgehead atoms. The van der Waals surface area contributed by atoms with Gasteiger partial charge >= 0.3 is 0 Å². The fourth-order valence-corrected chi connectivity index (χ4v) is 25.6. The van der Waals surface area contributed by atoms with Crippen molar-refractivity contribution >= 4 is 55.1 Å². The zero-order chi connectivity index (χ0) is 37.1. The molecule has 3 aliphatic heterocycles. The second kappa shape index (κ2) is 13.8. The van der Waals surface area contributed by atoms with Crippen LogP contribution >= 0.6 is 37.0 Å². The SMILES string of the molecule is COc1ccc(C2=C[C@]3(c4ccccc4)[P@@](S2)C(=C(O[Si](C)(C)C(C)(C)C)C(C)(C)C)[P@]2SC(c4ccc(OC)cc4)=C[C@]23c2ccccc2)cc1. The lowest BCUT2D eigenvalue weighted by atomic mass is 9.78. The molecule has 0 amide bonds. The molecule has 8 heteroatoms. The zero-order valence-corrected chi connectivity index (χ0v) is 36.4. The Morgan fingerprint density at radius 3 is 1.29 bits per heavy atom.